The number of hydrogen-bond acceptors (Lipinski definition) is 3. The van der Waals surface area contributed by atoms with E-state index in [0.29, 0.717) is 16.8 Å². The molecule has 2 N–H and O–H groups in total. The number of rotatable bonds is 1. The first kappa shape index (κ1) is 10.6. The van der Waals surface area contributed by atoms with Crippen LogP contribution in [0.3, 0.4) is 0 Å². The Morgan fingerprint density at radius 3 is 2.59 bits per heavy atom. The van der Waals surface area contributed by atoms with Crippen LogP contribution in [0.25, 0.3) is 0 Å². The van der Waals surface area contributed by atoms with Crippen LogP contribution in [0.4, 0.5) is 11.5 Å². The first-order chi connectivity index (χ1) is 8.19. The van der Waals surface area contributed by atoms with E-state index in [1.165, 1.54) is 6.33 Å². The Morgan fingerprint density at radius 1 is 1.12 bits per heavy atom. The van der Waals surface area contributed by atoms with Gasteiger partial charge in [-0.2, -0.15) is 0 Å². The Bertz CT molecular complexity index is 619. The van der Waals surface area contributed by atoms with Crippen LogP contribution in [0.15, 0.2) is 36.7 Å². The van der Waals surface area contributed by atoms with Crippen LogP contribution >= 0.6 is 19.0 Å². The van der Waals surface area contributed by atoms with E-state index in [9.17, 15) is 4.57 Å². The molecule has 1 aromatic heterocycles. The molecular formula is C10H8ClN4OP. The zero-order valence-electron chi connectivity index (χ0n) is 8.59. The normalized spacial score (nSPS) is 21.5. The minimum Gasteiger partial charge on any atom is -0.311 e. The zero-order valence-corrected chi connectivity index (χ0v) is 10.2. The van der Waals surface area contributed by atoms with Gasteiger partial charge in [0.25, 0.3) is 7.44 Å². The molecular weight excluding hydrogens is 259 g/mol. The molecule has 0 spiro atoms. The predicted molar refractivity (Wildman–Crippen MR) is 68.0 cm³/mol. The van der Waals surface area contributed by atoms with Crippen molar-refractivity contribution in [1.29, 1.82) is 0 Å². The van der Waals surface area contributed by atoms with Crippen molar-refractivity contribution >= 4 is 35.9 Å². The Labute approximate surface area is 103 Å². The van der Waals surface area contributed by atoms with Crippen LogP contribution in [-0.4, -0.2) is 9.97 Å². The van der Waals surface area contributed by atoms with Gasteiger partial charge in [0.15, 0.2) is 11.0 Å². The number of halogens is 1. The van der Waals surface area contributed by atoms with E-state index < -0.39 is 7.44 Å². The average molecular weight is 267 g/mol. The fourth-order valence-corrected chi connectivity index (χ4v) is 3.80. The Balaban J connectivity index is 2.07. The third-order valence-corrected chi connectivity index (χ3v) is 4.83. The second kappa shape index (κ2) is 3.72. The number of nitrogens with one attached hydrogen (secondary N) is 2. The summed E-state index contributed by atoms with van der Waals surface area (Å²) in [6, 6.07) is 9.09. The topological polar surface area (TPSA) is 66.9 Å². The second-order valence-corrected chi connectivity index (χ2v) is 6.10. The lowest BCUT2D eigenvalue weighted by molar-refractivity contribution is 0.588. The van der Waals surface area contributed by atoms with E-state index in [2.05, 4.69) is 20.1 Å². The summed E-state index contributed by atoms with van der Waals surface area (Å²) in [6.45, 7) is 0. The molecule has 7 heteroatoms. The highest BCUT2D eigenvalue weighted by atomic mass is 35.5. The van der Waals surface area contributed by atoms with Crippen LogP contribution in [0.5, 0.6) is 0 Å². The monoisotopic (exact) mass is 266 g/mol. The summed E-state index contributed by atoms with van der Waals surface area (Å²) in [5.74, 6) is 0.470. The lowest BCUT2D eigenvalue weighted by Gasteiger charge is -2.12. The van der Waals surface area contributed by atoms with Gasteiger partial charge >= 0.3 is 0 Å². The van der Waals surface area contributed by atoms with Crippen LogP contribution in [0.1, 0.15) is 0 Å². The molecule has 3 rings (SSSR count). The summed E-state index contributed by atoms with van der Waals surface area (Å²) >= 11 is 5.91. The molecule has 5 nitrogen and oxygen atoms in total. The Morgan fingerprint density at radius 2 is 1.88 bits per heavy atom. The van der Waals surface area contributed by atoms with E-state index in [0.717, 1.165) is 0 Å². The van der Waals surface area contributed by atoms with Gasteiger partial charge in [-0.1, -0.05) is 29.8 Å². The lowest BCUT2D eigenvalue weighted by atomic mass is 10.4. The first-order valence-corrected chi connectivity index (χ1v) is 7.00. The van der Waals surface area contributed by atoms with E-state index in [4.69, 9.17) is 11.6 Å². The molecule has 0 aliphatic carbocycles. The van der Waals surface area contributed by atoms with E-state index >= 15 is 0 Å². The quantitative estimate of drug-likeness (QED) is 0.613. The zero-order chi connectivity index (χ0) is 11.9. The highest BCUT2D eigenvalue weighted by Crippen LogP contribution is 2.53. The molecule has 17 heavy (non-hydrogen) atoms. The largest absolute Gasteiger partial charge is 0.311 e. The standard InChI is InChI=1S/C10H8ClN4OP/c11-9-8-10(13-6-12-9)15-17(16,14-8)7-4-2-1-3-5-7/h1-6H,(H2,12,13,14,15,16). The van der Waals surface area contributed by atoms with Crippen molar-refractivity contribution in [1.82, 2.24) is 9.97 Å². The minimum absolute atomic E-state index is 0.260. The van der Waals surface area contributed by atoms with Crippen LogP contribution in [0, 0.1) is 0 Å². The van der Waals surface area contributed by atoms with Gasteiger partial charge < -0.3 is 5.09 Å². The van der Waals surface area contributed by atoms with Gasteiger partial charge in [0, 0.05) is 0 Å². The summed E-state index contributed by atoms with van der Waals surface area (Å²) < 4.78 is 12.7. The van der Waals surface area contributed by atoms with Crippen molar-refractivity contribution in [3.63, 3.8) is 0 Å². The van der Waals surface area contributed by atoms with Crippen LogP contribution in [0.2, 0.25) is 5.15 Å². The van der Waals surface area contributed by atoms with Gasteiger partial charge in [-0.15, -0.1) is 0 Å². The molecule has 0 amide bonds. The van der Waals surface area contributed by atoms with Gasteiger partial charge in [0.05, 0.1) is 5.30 Å². The average Bonchev–Trinajstić information content (AvgIpc) is 2.70. The van der Waals surface area contributed by atoms with Crippen LogP contribution in [-0.2, 0) is 4.57 Å². The summed E-state index contributed by atoms with van der Waals surface area (Å²) in [5.41, 5.74) is 0.487. The SMILES string of the molecule is O=P1(c2ccccc2)Nc2ncnc(Cl)c2N1. The molecule has 1 aromatic carbocycles. The fraction of sp³-hybridized carbons (Fsp3) is 0. The summed E-state index contributed by atoms with van der Waals surface area (Å²) in [6.07, 6.45) is 1.33. The molecule has 1 atom stereocenters. The number of hydrogen-bond donors (Lipinski definition) is 2. The van der Waals surface area contributed by atoms with E-state index in [1.807, 2.05) is 18.2 Å². The van der Waals surface area contributed by atoms with Crippen molar-refractivity contribution < 1.29 is 4.57 Å². The molecule has 0 radical (unpaired) electrons. The fourth-order valence-electron chi connectivity index (χ4n) is 1.65. The second-order valence-electron chi connectivity index (χ2n) is 3.56. The minimum atomic E-state index is -2.92. The van der Waals surface area contributed by atoms with Gasteiger partial charge in [-0.05, 0) is 12.1 Å². The summed E-state index contributed by atoms with van der Waals surface area (Å²) in [7, 11) is -2.92. The molecule has 2 heterocycles. The molecule has 0 saturated carbocycles. The van der Waals surface area contributed by atoms with Gasteiger partial charge in [0.2, 0.25) is 0 Å². The third-order valence-electron chi connectivity index (χ3n) is 2.45. The predicted octanol–water partition coefficient (Wildman–Crippen LogP) is 2.49. The Hall–Kier alpha value is -1.58. The molecule has 1 aliphatic rings. The van der Waals surface area contributed by atoms with Crippen molar-refractivity contribution in [3.8, 4) is 0 Å². The third kappa shape index (κ3) is 1.68. The molecule has 2 aromatic rings. The number of nitrogens with zero attached hydrogens (tertiary/aromatic N) is 2. The van der Waals surface area contributed by atoms with Gasteiger partial charge in [-0.3, -0.25) is 9.65 Å². The van der Waals surface area contributed by atoms with Crippen LogP contribution < -0.4 is 15.5 Å². The van der Waals surface area contributed by atoms with Crippen molar-refractivity contribution in [2.45, 2.75) is 0 Å². The number of anilines is 2. The number of fused-ring (bicyclic) bond motifs is 1. The lowest BCUT2D eigenvalue weighted by Crippen LogP contribution is -2.12. The number of aromatic nitrogens is 2. The van der Waals surface area contributed by atoms with Crippen molar-refractivity contribution in [2.24, 2.45) is 0 Å². The maximum atomic E-state index is 12.7. The van der Waals surface area contributed by atoms with Crippen molar-refractivity contribution in [2.75, 3.05) is 10.2 Å². The molecule has 1 aliphatic heterocycles. The summed E-state index contributed by atoms with van der Waals surface area (Å²) in [5, 5.41) is 6.70. The highest BCUT2D eigenvalue weighted by Gasteiger charge is 2.34. The first-order valence-electron chi connectivity index (χ1n) is 4.92. The molecule has 86 valence electrons. The van der Waals surface area contributed by atoms with Crippen molar-refractivity contribution in [3.05, 3.63) is 41.8 Å². The molecule has 0 bridgehead atoms. The smallest absolute Gasteiger partial charge is 0.289 e. The molecule has 0 saturated heterocycles. The van der Waals surface area contributed by atoms with E-state index in [-0.39, 0.29) is 5.15 Å². The molecule has 0 fully saturated rings. The maximum absolute atomic E-state index is 12.7. The summed E-state index contributed by atoms with van der Waals surface area (Å²) in [4.78, 5) is 7.84. The maximum Gasteiger partial charge on any atom is 0.289 e. The molecule has 1 unspecified atom stereocenters. The van der Waals surface area contributed by atoms with E-state index in [1.54, 1.807) is 12.1 Å². The van der Waals surface area contributed by atoms with Gasteiger partial charge in [-0.25, -0.2) is 9.97 Å². The number of benzene rings is 1. The highest BCUT2D eigenvalue weighted by molar-refractivity contribution is 7.74. The van der Waals surface area contributed by atoms with Gasteiger partial charge in [0.1, 0.15) is 12.0 Å². The Kier molecular flexibility index (Phi) is 2.31.